The molecule has 0 spiro atoms. The van der Waals surface area contributed by atoms with Crippen LogP contribution >= 0.6 is 11.6 Å². The molecule has 0 aromatic heterocycles. The van der Waals surface area contributed by atoms with Crippen LogP contribution in [0, 0.1) is 5.92 Å². The summed E-state index contributed by atoms with van der Waals surface area (Å²) in [7, 11) is 0. The minimum absolute atomic E-state index is 0.599. The van der Waals surface area contributed by atoms with Crippen molar-refractivity contribution in [2.24, 2.45) is 5.92 Å². The minimum atomic E-state index is 0.599. The highest BCUT2D eigenvalue weighted by Crippen LogP contribution is 2.29. The molecule has 0 aromatic carbocycles. The van der Waals surface area contributed by atoms with Gasteiger partial charge >= 0.3 is 0 Å². The third-order valence-electron chi connectivity index (χ3n) is 3.31. The average molecular weight is 229 g/mol. The number of nitrogens with zero attached hydrogens (tertiary/aromatic N) is 2. The molecule has 86 valence electrons. The molecule has 1 saturated heterocycles. The van der Waals surface area contributed by atoms with Gasteiger partial charge in [-0.05, 0) is 24.3 Å². The van der Waals surface area contributed by atoms with Crippen LogP contribution in [-0.4, -0.2) is 54.9 Å². The van der Waals surface area contributed by atoms with Gasteiger partial charge in [0.15, 0.2) is 0 Å². The molecule has 1 heterocycles. The fraction of sp³-hybridized carbons (Fsp3) is 0.833. The fourth-order valence-corrected chi connectivity index (χ4v) is 2.24. The Bertz CT molecular complexity index is 218. The third-order valence-corrected chi connectivity index (χ3v) is 3.69. The van der Waals surface area contributed by atoms with Crippen molar-refractivity contribution in [2.45, 2.75) is 12.8 Å². The highest BCUT2D eigenvalue weighted by Gasteiger charge is 2.26. The largest absolute Gasteiger partial charge is 0.301 e. The van der Waals surface area contributed by atoms with Gasteiger partial charge in [-0.3, -0.25) is 4.90 Å². The molecule has 0 radical (unpaired) electrons. The first-order valence-electron chi connectivity index (χ1n) is 5.95. The molecule has 0 N–H and O–H groups in total. The standard InChI is InChI=1S/C12H21ClN2/c1-11(8-13)9-14-4-6-15(7-5-14)10-12-2-3-12/h12H,1-10H2. The summed E-state index contributed by atoms with van der Waals surface area (Å²) < 4.78 is 0. The van der Waals surface area contributed by atoms with Gasteiger partial charge in [-0.1, -0.05) is 6.58 Å². The number of hydrogen-bond acceptors (Lipinski definition) is 2. The molecule has 0 atom stereocenters. The van der Waals surface area contributed by atoms with Crippen molar-refractivity contribution in [3.63, 3.8) is 0 Å². The Morgan fingerprint density at radius 3 is 2.27 bits per heavy atom. The molecule has 3 heteroatoms. The zero-order valence-electron chi connectivity index (χ0n) is 9.42. The van der Waals surface area contributed by atoms with Crippen molar-refractivity contribution < 1.29 is 0 Å². The summed E-state index contributed by atoms with van der Waals surface area (Å²) in [5, 5.41) is 0. The Balaban J connectivity index is 1.64. The molecule has 1 aliphatic carbocycles. The van der Waals surface area contributed by atoms with E-state index in [1.807, 2.05) is 0 Å². The third kappa shape index (κ3) is 3.78. The molecule has 0 amide bonds. The molecule has 2 nitrogen and oxygen atoms in total. The van der Waals surface area contributed by atoms with Crippen LogP contribution in [0.3, 0.4) is 0 Å². The van der Waals surface area contributed by atoms with Gasteiger partial charge in [0, 0.05) is 45.1 Å². The van der Waals surface area contributed by atoms with Crippen molar-refractivity contribution in [3.05, 3.63) is 12.2 Å². The smallest absolute Gasteiger partial charge is 0.0443 e. The predicted octanol–water partition coefficient (Wildman–Crippen LogP) is 1.81. The van der Waals surface area contributed by atoms with Crippen molar-refractivity contribution in [1.29, 1.82) is 0 Å². The lowest BCUT2D eigenvalue weighted by Gasteiger charge is -2.34. The Kier molecular flexibility index (Phi) is 4.06. The van der Waals surface area contributed by atoms with Crippen molar-refractivity contribution in [2.75, 3.05) is 45.1 Å². The van der Waals surface area contributed by atoms with Crippen LogP contribution in [0.2, 0.25) is 0 Å². The van der Waals surface area contributed by atoms with Gasteiger partial charge in [-0.15, -0.1) is 11.6 Å². The Morgan fingerprint density at radius 2 is 1.73 bits per heavy atom. The molecule has 2 rings (SSSR count). The second-order valence-electron chi connectivity index (χ2n) is 4.90. The van der Waals surface area contributed by atoms with Crippen LogP contribution in [0.15, 0.2) is 12.2 Å². The summed E-state index contributed by atoms with van der Waals surface area (Å²) in [4.78, 5) is 5.08. The maximum Gasteiger partial charge on any atom is 0.0443 e. The van der Waals surface area contributed by atoms with Gasteiger partial charge in [0.05, 0.1) is 0 Å². The second-order valence-corrected chi connectivity index (χ2v) is 5.17. The lowest BCUT2D eigenvalue weighted by molar-refractivity contribution is 0.136. The molecular weight excluding hydrogens is 208 g/mol. The van der Waals surface area contributed by atoms with E-state index in [-0.39, 0.29) is 0 Å². The molecule has 1 saturated carbocycles. The Hall–Kier alpha value is -0.0500. The average Bonchev–Trinajstić information content (AvgIpc) is 3.05. The summed E-state index contributed by atoms with van der Waals surface area (Å²) in [6.45, 7) is 11.1. The highest BCUT2D eigenvalue weighted by atomic mass is 35.5. The second kappa shape index (κ2) is 5.33. The van der Waals surface area contributed by atoms with Crippen LogP contribution in [0.1, 0.15) is 12.8 Å². The van der Waals surface area contributed by atoms with Gasteiger partial charge in [0.2, 0.25) is 0 Å². The van der Waals surface area contributed by atoms with E-state index in [0.29, 0.717) is 5.88 Å². The predicted molar refractivity (Wildman–Crippen MR) is 65.5 cm³/mol. The number of hydrogen-bond donors (Lipinski definition) is 0. The first kappa shape index (κ1) is 11.4. The van der Waals surface area contributed by atoms with E-state index in [2.05, 4.69) is 16.4 Å². The molecule has 0 bridgehead atoms. The van der Waals surface area contributed by atoms with Crippen molar-refractivity contribution >= 4 is 11.6 Å². The van der Waals surface area contributed by atoms with Gasteiger partial charge < -0.3 is 4.90 Å². The summed E-state index contributed by atoms with van der Waals surface area (Å²) in [5.41, 5.74) is 1.15. The number of piperazine rings is 1. The molecule has 2 fully saturated rings. The van der Waals surface area contributed by atoms with E-state index in [0.717, 1.165) is 18.0 Å². The van der Waals surface area contributed by atoms with E-state index >= 15 is 0 Å². The zero-order chi connectivity index (χ0) is 10.7. The molecule has 0 aromatic rings. The van der Waals surface area contributed by atoms with Crippen molar-refractivity contribution in [1.82, 2.24) is 9.80 Å². The van der Waals surface area contributed by atoms with Gasteiger partial charge in [-0.25, -0.2) is 0 Å². The molecule has 15 heavy (non-hydrogen) atoms. The lowest BCUT2D eigenvalue weighted by atomic mass is 10.2. The monoisotopic (exact) mass is 228 g/mol. The normalized spacial score (nSPS) is 24.3. The summed E-state index contributed by atoms with van der Waals surface area (Å²) in [5.74, 6) is 1.62. The maximum atomic E-state index is 5.74. The van der Waals surface area contributed by atoms with E-state index in [9.17, 15) is 0 Å². The molecule has 2 aliphatic rings. The highest BCUT2D eigenvalue weighted by molar-refractivity contribution is 6.19. The molecule has 1 aliphatic heterocycles. The van der Waals surface area contributed by atoms with Crippen LogP contribution in [0.25, 0.3) is 0 Å². The molecular formula is C12H21ClN2. The Morgan fingerprint density at radius 1 is 1.13 bits per heavy atom. The van der Waals surface area contributed by atoms with E-state index in [4.69, 9.17) is 11.6 Å². The summed E-state index contributed by atoms with van der Waals surface area (Å²) in [6.07, 6.45) is 2.92. The van der Waals surface area contributed by atoms with Crippen molar-refractivity contribution in [3.8, 4) is 0 Å². The minimum Gasteiger partial charge on any atom is -0.301 e. The van der Waals surface area contributed by atoms with Crippen LogP contribution in [-0.2, 0) is 0 Å². The van der Waals surface area contributed by atoms with Crippen LogP contribution in [0.5, 0.6) is 0 Å². The van der Waals surface area contributed by atoms with E-state index in [1.165, 1.54) is 45.6 Å². The summed E-state index contributed by atoms with van der Waals surface area (Å²) >= 11 is 5.74. The fourth-order valence-electron chi connectivity index (χ4n) is 2.15. The van der Waals surface area contributed by atoms with Gasteiger partial charge in [0.25, 0.3) is 0 Å². The zero-order valence-corrected chi connectivity index (χ0v) is 10.2. The number of alkyl halides is 1. The van der Waals surface area contributed by atoms with Gasteiger partial charge in [-0.2, -0.15) is 0 Å². The number of halogens is 1. The van der Waals surface area contributed by atoms with E-state index in [1.54, 1.807) is 0 Å². The van der Waals surface area contributed by atoms with Crippen LogP contribution in [0.4, 0.5) is 0 Å². The first-order chi connectivity index (χ1) is 7.28. The quantitative estimate of drug-likeness (QED) is 0.523. The SMILES string of the molecule is C=C(CCl)CN1CCN(CC2CC2)CC1. The molecule has 0 unspecified atom stereocenters. The number of rotatable bonds is 5. The Labute approximate surface area is 97.9 Å². The lowest BCUT2D eigenvalue weighted by Crippen LogP contribution is -2.47. The topological polar surface area (TPSA) is 6.48 Å². The van der Waals surface area contributed by atoms with Crippen LogP contribution < -0.4 is 0 Å². The first-order valence-corrected chi connectivity index (χ1v) is 6.48. The summed E-state index contributed by atoms with van der Waals surface area (Å²) in [6, 6.07) is 0. The van der Waals surface area contributed by atoms with Gasteiger partial charge in [0.1, 0.15) is 0 Å². The maximum absolute atomic E-state index is 5.74. The van der Waals surface area contributed by atoms with E-state index < -0.39 is 0 Å².